The number of aromatic nitrogens is 1. The molecule has 0 unspecified atom stereocenters. The van der Waals surface area contributed by atoms with E-state index in [1.807, 2.05) is 6.07 Å². The number of rotatable bonds is 5. The first-order chi connectivity index (χ1) is 20.8. The molecule has 2 nitrogen and oxygen atoms in total. The van der Waals surface area contributed by atoms with E-state index in [9.17, 15) is 0 Å². The highest BCUT2D eigenvalue weighted by Crippen LogP contribution is 2.38. The van der Waals surface area contributed by atoms with Gasteiger partial charge in [0, 0.05) is 22.6 Å². The number of benzene rings is 7. The van der Waals surface area contributed by atoms with Crippen molar-refractivity contribution in [3.05, 3.63) is 158 Å². The Morgan fingerprint density at radius 1 is 0.405 bits per heavy atom. The van der Waals surface area contributed by atoms with Crippen LogP contribution >= 0.6 is 11.3 Å². The number of hydrogen-bond acceptors (Lipinski definition) is 3. The molecule has 8 rings (SSSR count). The number of thiazole rings is 1. The summed E-state index contributed by atoms with van der Waals surface area (Å²) in [5.41, 5.74) is 7.97. The second-order valence-corrected chi connectivity index (χ2v) is 11.5. The Morgan fingerprint density at radius 2 is 0.881 bits per heavy atom. The lowest BCUT2D eigenvalue weighted by Crippen LogP contribution is -2.09. The quantitative estimate of drug-likeness (QED) is 0.210. The summed E-state index contributed by atoms with van der Waals surface area (Å²) >= 11 is 1.74. The standard InChI is InChI=1S/C39H26N2S/c1-3-9-32-25-35(23-19-27(32)7-1)41(36-24-20-28-8-2-4-10-33(28)26-36)34-21-17-30(18-22-34)29-13-15-31(16-14-29)39-40-37-11-5-6-12-38(37)42-39/h1-26H. The molecular formula is C39H26N2S. The molecule has 0 aliphatic rings. The molecule has 0 aliphatic heterocycles. The highest BCUT2D eigenvalue weighted by atomic mass is 32.1. The van der Waals surface area contributed by atoms with Gasteiger partial charge < -0.3 is 4.90 Å². The summed E-state index contributed by atoms with van der Waals surface area (Å²) in [5, 5.41) is 5.99. The molecule has 0 spiro atoms. The van der Waals surface area contributed by atoms with Gasteiger partial charge in [-0.05, 0) is 81.2 Å². The molecule has 1 heterocycles. The van der Waals surface area contributed by atoms with E-state index in [2.05, 4.69) is 157 Å². The molecule has 3 heteroatoms. The van der Waals surface area contributed by atoms with Crippen molar-refractivity contribution in [2.75, 3.05) is 4.90 Å². The third-order valence-electron chi connectivity index (χ3n) is 7.87. The Hall–Kier alpha value is -5.25. The molecule has 0 bridgehead atoms. The van der Waals surface area contributed by atoms with E-state index < -0.39 is 0 Å². The van der Waals surface area contributed by atoms with Gasteiger partial charge >= 0.3 is 0 Å². The van der Waals surface area contributed by atoms with Gasteiger partial charge in [0.25, 0.3) is 0 Å². The third kappa shape index (κ3) is 4.50. The molecule has 1 aromatic heterocycles. The fourth-order valence-electron chi connectivity index (χ4n) is 5.68. The molecule has 42 heavy (non-hydrogen) atoms. The van der Waals surface area contributed by atoms with Crippen LogP contribution in [0.25, 0.3) is 53.5 Å². The molecule has 198 valence electrons. The van der Waals surface area contributed by atoms with E-state index in [1.165, 1.54) is 37.4 Å². The maximum Gasteiger partial charge on any atom is 0.124 e. The molecule has 0 fully saturated rings. The van der Waals surface area contributed by atoms with Gasteiger partial charge in [0.05, 0.1) is 10.2 Å². The van der Waals surface area contributed by atoms with Crippen molar-refractivity contribution in [2.24, 2.45) is 0 Å². The summed E-state index contributed by atoms with van der Waals surface area (Å²) in [6, 6.07) is 56.4. The summed E-state index contributed by atoms with van der Waals surface area (Å²) in [5.74, 6) is 0. The van der Waals surface area contributed by atoms with Crippen LogP contribution in [0, 0.1) is 0 Å². The van der Waals surface area contributed by atoms with E-state index in [1.54, 1.807) is 11.3 Å². The van der Waals surface area contributed by atoms with Gasteiger partial charge in [-0.2, -0.15) is 0 Å². The first-order valence-electron chi connectivity index (χ1n) is 14.1. The molecule has 7 aromatic carbocycles. The van der Waals surface area contributed by atoms with Gasteiger partial charge in [-0.15, -0.1) is 11.3 Å². The van der Waals surface area contributed by atoms with Gasteiger partial charge in [0.15, 0.2) is 0 Å². The summed E-state index contributed by atoms with van der Waals surface area (Å²) in [7, 11) is 0. The fraction of sp³-hybridized carbons (Fsp3) is 0. The van der Waals surface area contributed by atoms with Crippen molar-refractivity contribution in [3.63, 3.8) is 0 Å². The lowest BCUT2D eigenvalue weighted by atomic mass is 10.0. The van der Waals surface area contributed by atoms with Crippen molar-refractivity contribution >= 4 is 60.2 Å². The third-order valence-corrected chi connectivity index (χ3v) is 8.95. The Labute approximate surface area is 248 Å². The van der Waals surface area contributed by atoms with Crippen LogP contribution in [-0.4, -0.2) is 4.98 Å². The van der Waals surface area contributed by atoms with Crippen LogP contribution in [0.5, 0.6) is 0 Å². The van der Waals surface area contributed by atoms with Crippen LogP contribution in [-0.2, 0) is 0 Å². The van der Waals surface area contributed by atoms with E-state index in [4.69, 9.17) is 4.98 Å². The molecule has 0 N–H and O–H groups in total. The number of hydrogen-bond donors (Lipinski definition) is 0. The van der Waals surface area contributed by atoms with Gasteiger partial charge in [-0.1, -0.05) is 109 Å². The zero-order valence-corrected chi connectivity index (χ0v) is 23.6. The van der Waals surface area contributed by atoms with Crippen molar-refractivity contribution < 1.29 is 0 Å². The molecule has 0 saturated heterocycles. The van der Waals surface area contributed by atoms with E-state index in [0.29, 0.717) is 0 Å². The van der Waals surface area contributed by atoms with Crippen LogP contribution in [0.15, 0.2) is 158 Å². The van der Waals surface area contributed by atoms with Crippen LogP contribution < -0.4 is 4.90 Å². The summed E-state index contributed by atoms with van der Waals surface area (Å²) in [6.07, 6.45) is 0. The van der Waals surface area contributed by atoms with E-state index in [-0.39, 0.29) is 0 Å². The zero-order valence-electron chi connectivity index (χ0n) is 22.8. The summed E-state index contributed by atoms with van der Waals surface area (Å²) < 4.78 is 1.22. The maximum atomic E-state index is 4.82. The van der Waals surface area contributed by atoms with Gasteiger partial charge in [-0.25, -0.2) is 4.98 Å². The zero-order chi connectivity index (χ0) is 27.9. The smallest absolute Gasteiger partial charge is 0.124 e. The van der Waals surface area contributed by atoms with Crippen LogP contribution in [0.4, 0.5) is 17.1 Å². The molecule has 0 saturated carbocycles. The second-order valence-electron chi connectivity index (χ2n) is 10.5. The average molecular weight is 555 g/mol. The van der Waals surface area contributed by atoms with Crippen molar-refractivity contribution in [1.82, 2.24) is 4.98 Å². The summed E-state index contributed by atoms with van der Waals surface area (Å²) in [6.45, 7) is 0. The van der Waals surface area contributed by atoms with Crippen molar-refractivity contribution in [3.8, 4) is 21.7 Å². The van der Waals surface area contributed by atoms with Crippen LogP contribution in [0.1, 0.15) is 0 Å². The van der Waals surface area contributed by atoms with Gasteiger partial charge in [-0.3, -0.25) is 0 Å². The van der Waals surface area contributed by atoms with Crippen molar-refractivity contribution in [2.45, 2.75) is 0 Å². The topological polar surface area (TPSA) is 16.1 Å². The number of nitrogens with zero attached hydrogens (tertiary/aromatic N) is 2. The minimum atomic E-state index is 1.06. The highest BCUT2D eigenvalue weighted by Gasteiger charge is 2.14. The molecule has 0 amide bonds. The lowest BCUT2D eigenvalue weighted by molar-refractivity contribution is 1.29. The second kappa shape index (κ2) is 10.3. The van der Waals surface area contributed by atoms with Crippen LogP contribution in [0.2, 0.25) is 0 Å². The lowest BCUT2D eigenvalue weighted by Gasteiger charge is -2.26. The van der Waals surface area contributed by atoms with Gasteiger partial charge in [0.2, 0.25) is 0 Å². The first kappa shape index (κ1) is 24.5. The van der Waals surface area contributed by atoms with Gasteiger partial charge in [0.1, 0.15) is 5.01 Å². The Balaban J connectivity index is 1.16. The van der Waals surface area contributed by atoms with Crippen molar-refractivity contribution in [1.29, 1.82) is 0 Å². The fourth-order valence-corrected chi connectivity index (χ4v) is 6.65. The van der Waals surface area contributed by atoms with E-state index >= 15 is 0 Å². The summed E-state index contributed by atoms with van der Waals surface area (Å²) in [4.78, 5) is 7.17. The number of para-hydroxylation sites is 1. The van der Waals surface area contributed by atoms with E-state index in [0.717, 1.165) is 33.1 Å². The Kier molecular flexibility index (Phi) is 6.02. The normalized spacial score (nSPS) is 11.3. The highest BCUT2D eigenvalue weighted by molar-refractivity contribution is 7.21. The predicted molar refractivity (Wildman–Crippen MR) is 180 cm³/mol. The molecule has 0 atom stereocenters. The first-order valence-corrected chi connectivity index (χ1v) is 14.9. The monoisotopic (exact) mass is 554 g/mol. The maximum absolute atomic E-state index is 4.82. The Bertz CT molecular complexity index is 2080. The number of fused-ring (bicyclic) bond motifs is 3. The SMILES string of the molecule is c1ccc2cc(N(c3ccc(-c4ccc(-c5nc6ccccc6s5)cc4)cc3)c3ccc4ccccc4c3)ccc2c1. The predicted octanol–water partition coefficient (Wildman–Crippen LogP) is 11.4. The Morgan fingerprint density at radius 3 is 1.48 bits per heavy atom. The molecule has 0 aliphatic carbocycles. The minimum absolute atomic E-state index is 1.06. The molecule has 8 aromatic rings. The van der Waals surface area contributed by atoms with Crippen LogP contribution in [0.3, 0.4) is 0 Å². The largest absolute Gasteiger partial charge is 0.310 e. The number of anilines is 3. The minimum Gasteiger partial charge on any atom is -0.310 e. The average Bonchev–Trinajstić information content (AvgIpc) is 3.50. The molecule has 0 radical (unpaired) electrons. The molecular weight excluding hydrogens is 529 g/mol.